The highest BCUT2D eigenvalue weighted by Crippen LogP contribution is 2.38. The highest BCUT2D eigenvalue weighted by atomic mass is 16.6. The highest BCUT2D eigenvalue weighted by molar-refractivity contribution is 5.92. The van der Waals surface area contributed by atoms with Crippen molar-refractivity contribution in [1.82, 2.24) is 4.98 Å². The summed E-state index contributed by atoms with van der Waals surface area (Å²) in [4.78, 5) is 42.3. The summed E-state index contributed by atoms with van der Waals surface area (Å²) in [7, 11) is 0. The van der Waals surface area contributed by atoms with Crippen molar-refractivity contribution in [2.75, 3.05) is 6.61 Å². The van der Waals surface area contributed by atoms with Crippen LogP contribution >= 0.6 is 0 Å². The first-order valence-electron chi connectivity index (χ1n) is 11.1. The number of nitrogens with zero attached hydrogens (tertiary/aromatic N) is 2. The molecule has 0 spiro atoms. The van der Waals surface area contributed by atoms with Crippen LogP contribution in [0.3, 0.4) is 0 Å². The van der Waals surface area contributed by atoms with Crippen molar-refractivity contribution in [3.8, 4) is 11.5 Å². The summed E-state index contributed by atoms with van der Waals surface area (Å²) in [6, 6.07) is 12.5. The third-order valence-electron chi connectivity index (χ3n) is 5.65. The average Bonchev–Trinajstić information content (AvgIpc) is 3.13. The van der Waals surface area contributed by atoms with Crippen LogP contribution in [0.15, 0.2) is 64.8 Å². The van der Waals surface area contributed by atoms with Gasteiger partial charge in [0.25, 0.3) is 5.69 Å². The molecule has 1 aliphatic rings. The standard InChI is InChI=1S/C26H23N3O7/c1-4-35-26(32)21-14(2)27-25-23(22(21)17-7-11-19(12-8-17)36-15(3)30)24(31)20(28-25)13-16-5-9-18(10-6-16)29(33)34/h5-13,22,31H,4H2,1-3H3,(H,27,28). The van der Waals surface area contributed by atoms with Gasteiger partial charge in [-0.2, -0.15) is 0 Å². The first kappa shape index (κ1) is 24.4. The molecular formula is C26H23N3O7. The molecule has 2 heterocycles. The number of nitro benzene ring substituents is 1. The molecule has 0 fully saturated rings. The Balaban J connectivity index is 1.86. The maximum absolute atomic E-state index is 12.9. The Morgan fingerprint density at radius 1 is 1.17 bits per heavy atom. The van der Waals surface area contributed by atoms with E-state index in [1.165, 1.54) is 19.1 Å². The Kier molecular flexibility index (Phi) is 6.69. The zero-order valence-electron chi connectivity index (χ0n) is 19.8. The molecule has 1 atom stereocenters. The predicted molar refractivity (Wildman–Crippen MR) is 129 cm³/mol. The largest absolute Gasteiger partial charge is 0.505 e. The van der Waals surface area contributed by atoms with Crippen molar-refractivity contribution in [2.45, 2.75) is 26.7 Å². The first-order chi connectivity index (χ1) is 17.2. The van der Waals surface area contributed by atoms with Crippen LogP contribution in [0, 0.1) is 10.1 Å². The Bertz CT molecular complexity index is 1500. The molecule has 0 aliphatic carbocycles. The number of carbonyl (C=O) groups excluding carboxylic acids is 2. The molecule has 0 saturated heterocycles. The van der Waals surface area contributed by atoms with Gasteiger partial charge in [0.1, 0.15) is 17.0 Å². The Hall–Kier alpha value is -4.73. The van der Waals surface area contributed by atoms with Gasteiger partial charge < -0.3 is 19.6 Å². The number of nitro groups is 1. The highest BCUT2D eigenvalue weighted by Gasteiger charge is 2.35. The third kappa shape index (κ3) is 4.74. The molecule has 3 aromatic rings. The van der Waals surface area contributed by atoms with Crippen molar-refractivity contribution in [3.05, 3.63) is 97.4 Å². The van der Waals surface area contributed by atoms with E-state index in [-0.39, 0.29) is 23.6 Å². The maximum Gasteiger partial charge on any atom is 0.336 e. The van der Waals surface area contributed by atoms with E-state index in [2.05, 4.69) is 9.98 Å². The van der Waals surface area contributed by atoms with E-state index in [1.54, 1.807) is 56.3 Å². The number of non-ortho nitro benzene ring substituents is 1. The maximum atomic E-state index is 12.9. The summed E-state index contributed by atoms with van der Waals surface area (Å²) in [5, 5.41) is 22.5. The third-order valence-corrected chi connectivity index (χ3v) is 5.65. The molecule has 2 N–H and O–H groups in total. The summed E-state index contributed by atoms with van der Waals surface area (Å²) in [6.07, 6.45) is 1.63. The van der Waals surface area contributed by atoms with E-state index in [0.29, 0.717) is 39.0 Å². The Morgan fingerprint density at radius 3 is 2.42 bits per heavy atom. The van der Waals surface area contributed by atoms with Gasteiger partial charge >= 0.3 is 11.9 Å². The summed E-state index contributed by atoms with van der Waals surface area (Å²) < 4.78 is 10.4. The lowest BCUT2D eigenvalue weighted by Gasteiger charge is -2.23. The molecular weight excluding hydrogens is 466 g/mol. The number of esters is 2. The number of allylic oxidation sites excluding steroid dienone is 1. The fourth-order valence-electron chi connectivity index (χ4n) is 4.12. The molecule has 0 saturated carbocycles. The number of carbonyl (C=O) groups is 2. The lowest BCUT2D eigenvalue weighted by molar-refractivity contribution is -0.384. The van der Waals surface area contributed by atoms with Gasteiger partial charge in [-0.25, -0.2) is 9.79 Å². The summed E-state index contributed by atoms with van der Waals surface area (Å²) in [5.41, 5.74) is 2.69. The number of aromatic hydroxyl groups is 1. The number of rotatable bonds is 6. The number of aromatic amines is 1. The van der Waals surface area contributed by atoms with Gasteiger partial charge in [0, 0.05) is 19.1 Å². The lowest BCUT2D eigenvalue weighted by Crippen LogP contribution is -2.26. The number of aromatic nitrogens is 1. The Morgan fingerprint density at radius 2 is 1.83 bits per heavy atom. The number of hydrogen-bond acceptors (Lipinski definition) is 8. The van der Waals surface area contributed by atoms with E-state index < -0.39 is 22.8 Å². The van der Waals surface area contributed by atoms with Gasteiger partial charge in [0.15, 0.2) is 0 Å². The smallest absolute Gasteiger partial charge is 0.336 e. The minimum absolute atomic E-state index is 0.0479. The van der Waals surface area contributed by atoms with Gasteiger partial charge in [-0.1, -0.05) is 12.1 Å². The van der Waals surface area contributed by atoms with Crippen molar-refractivity contribution in [1.29, 1.82) is 0 Å². The summed E-state index contributed by atoms with van der Waals surface area (Å²) >= 11 is 0. The molecule has 0 amide bonds. The second kappa shape index (κ2) is 9.87. The Labute approximate surface area is 205 Å². The molecule has 0 bridgehead atoms. The molecule has 10 heteroatoms. The van der Waals surface area contributed by atoms with Crippen LogP contribution in [-0.2, 0) is 14.3 Å². The number of benzene rings is 2. The normalized spacial score (nSPS) is 15.2. The number of ether oxygens (including phenoxy) is 2. The second-order valence-electron chi connectivity index (χ2n) is 8.07. The van der Waals surface area contributed by atoms with Crippen LogP contribution < -0.4 is 15.6 Å². The van der Waals surface area contributed by atoms with Crippen LogP contribution in [-0.4, -0.2) is 33.6 Å². The van der Waals surface area contributed by atoms with Crippen LogP contribution in [0.4, 0.5) is 5.69 Å². The molecule has 36 heavy (non-hydrogen) atoms. The number of nitrogens with one attached hydrogen (secondary N) is 1. The minimum Gasteiger partial charge on any atom is -0.505 e. The van der Waals surface area contributed by atoms with Crippen molar-refractivity contribution >= 4 is 23.7 Å². The molecule has 1 unspecified atom stereocenters. The summed E-state index contributed by atoms with van der Waals surface area (Å²) in [5.74, 6) is -1.50. The van der Waals surface area contributed by atoms with E-state index in [1.807, 2.05) is 0 Å². The first-order valence-corrected chi connectivity index (χ1v) is 11.1. The fraction of sp³-hybridized carbons (Fsp3) is 0.192. The lowest BCUT2D eigenvalue weighted by atomic mass is 9.83. The molecule has 2 aromatic carbocycles. The minimum atomic E-state index is -0.710. The van der Waals surface area contributed by atoms with Gasteiger partial charge in [-0.3, -0.25) is 14.9 Å². The van der Waals surface area contributed by atoms with E-state index in [0.717, 1.165) is 0 Å². The van der Waals surface area contributed by atoms with Gasteiger partial charge in [-0.05, 0) is 55.3 Å². The predicted octanol–water partition coefficient (Wildman–Crippen LogP) is 2.98. The zero-order chi connectivity index (χ0) is 26.0. The molecule has 4 rings (SSSR count). The van der Waals surface area contributed by atoms with Gasteiger partial charge in [0.2, 0.25) is 0 Å². The van der Waals surface area contributed by atoms with Gasteiger partial charge in [0.05, 0.1) is 39.6 Å². The van der Waals surface area contributed by atoms with Crippen molar-refractivity contribution in [3.63, 3.8) is 0 Å². The molecule has 1 aromatic heterocycles. The molecule has 0 radical (unpaired) electrons. The molecule has 1 aliphatic heterocycles. The quantitative estimate of drug-likeness (QED) is 0.234. The molecule has 184 valence electrons. The number of hydrogen-bond donors (Lipinski definition) is 2. The summed E-state index contributed by atoms with van der Waals surface area (Å²) in [6.45, 7) is 4.85. The average molecular weight is 489 g/mol. The van der Waals surface area contributed by atoms with E-state index >= 15 is 0 Å². The number of fused-ring (bicyclic) bond motifs is 1. The van der Waals surface area contributed by atoms with E-state index in [9.17, 15) is 24.8 Å². The number of H-pyrrole nitrogens is 1. The van der Waals surface area contributed by atoms with Gasteiger partial charge in [-0.15, -0.1) is 0 Å². The monoisotopic (exact) mass is 489 g/mol. The van der Waals surface area contributed by atoms with E-state index in [4.69, 9.17) is 9.47 Å². The zero-order valence-corrected chi connectivity index (χ0v) is 19.8. The molecule has 10 nitrogen and oxygen atoms in total. The SMILES string of the molecule is CCOC(=O)C1=C(C)N=c2[nH]c(=Cc3ccc([N+](=O)[O-])cc3)c(O)c2C1c1ccc(OC(C)=O)cc1. The van der Waals surface area contributed by atoms with Crippen LogP contribution in [0.2, 0.25) is 0 Å². The van der Waals surface area contributed by atoms with Crippen molar-refractivity contribution in [2.24, 2.45) is 4.99 Å². The van der Waals surface area contributed by atoms with Crippen LogP contribution in [0.1, 0.15) is 43.4 Å². The van der Waals surface area contributed by atoms with Crippen LogP contribution in [0.5, 0.6) is 11.5 Å². The van der Waals surface area contributed by atoms with Crippen molar-refractivity contribution < 1.29 is 29.1 Å². The topological polar surface area (TPSA) is 144 Å². The fourth-order valence-corrected chi connectivity index (χ4v) is 4.12. The van der Waals surface area contributed by atoms with Crippen LogP contribution in [0.25, 0.3) is 6.08 Å². The second-order valence-corrected chi connectivity index (χ2v) is 8.07.